The molecule has 3 aromatic rings. The zero-order valence-electron chi connectivity index (χ0n) is 15.0. The molecule has 27 heavy (non-hydrogen) atoms. The Morgan fingerprint density at radius 3 is 3.00 bits per heavy atom. The molecule has 140 valence electrons. The summed E-state index contributed by atoms with van der Waals surface area (Å²) >= 11 is 0. The topological polar surface area (TPSA) is 103 Å². The lowest BCUT2D eigenvalue weighted by Gasteiger charge is -2.05. The molecule has 9 nitrogen and oxygen atoms in total. The number of nitrogens with one attached hydrogen (secondary N) is 2. The van der Waals surface area contributed by atoms with E-state index in [1.807, 2.05) is 20.2 Å². The van der Waals surface area contributed by atoms with Gasteiger partial charge in [0, 0.05) is 31.4 Å². The van der Waals surface area contributed by atoms with Gasteiger partial charge in [0.2, 0.25) is 6.79 Å². The second-order valence-corrected chi connectivity index (χ2v) is 6.18. The molecule has 3 heterocycles. The summed E-state index contributed by atoms with van der Waals surface area (Å²) in [5, 5.41) is 13.9. The Labute approximate surface area is 155 Å². The molecule has 1 aliphatic rings. The summed E-state index contributed by atoms with van der Waals surface area (Å²) < 4.78 is 18.0. The van der Waals surface area contributed by atoms with Crippen molar-refractivity contribution in [2.24, 2.45) is 7.05 Å². The minimum absolute atomic E-state index is 0.219. The van der Waals surface area contributed by atoms with Crippen LogP contribution in [0.1, 0.15) is 27.4 Å². The van der Waals surface area contributed by atoms with Crippen molar-refractivity contribution in [2.45, 2.75) is 20.1 Å². The van der Waals surface area contributed by atoms with Crippen LogP contribution < -0.4 is 19.5 Å². The molecular formula is C18H19N5O4. The van der Waals surface area contributed by atoms with Crippen LogP contribution in [0.15, 0.2) is 30.5 Å². The van der Waals surface area contributed by atoms with Gasteiger partial charge >= 0.3 is 0 Å². The Morgan fingerprint density at radius 2 is 2.19 bits per heavy atom. The summed E-state index contributed by atoms with van der Waals surface area (Å²) in [5.41, 5.74) is 2.85. The number of fused-ring (bicyclic) bond motifs is 1. The molecular weight excluding hydrogens is 350 g/mol. The molecule has 0 atom stereocenters. The number of aryl methyl sites for hydroxylation is 2. The highest BCUT2D eigenvalue weighted by Gasteiger charge is 2.15. The molecule has 0 bridgehead atoms. The lowest BCUT2D eigenvalue weighted by atomic mass is 10.2. The van der Waals surface area contributed by atoms with Crippen molar-refractivity contribution in [2.75, 3.05) is 6.79 Å². The Hall–Kier alpha value is -3.49. The molecule has 1 aromatic carbocycles. The fourth-order valence-corrected chi connectivity index (χ4v) is 2.77. The average Bonchev–Trinajstić information content (AvgIpc) is 3.37. The monoisotopic (exact) mass is 369 g/mol. The molecule has 2 aromatic heterocycles. The van der Waals surface area contributed by atoms with Gasteiger partial charge in [-0.15, -0.1) is 0 Å². The second-order valence-electron chi connectivity index (χ2n) is 6.18. The molecule has 0 fully saturated rings. The zero-order chi connectivity index (χ0) is 18.8. The summed E-state index contributed by atoms with van der Waals surface area (Å²) in [6.45, 7) is 2.77. The molecule has 0 radical (unpaired) electrons. The number of carbonyl (C=O) groups is 1. The van der Waals surface area contributed by atoms with Gasteiger partial charge < -0.3 is 19.5 Å². The first-order chi connectivity index (χ1) is 13.1. The number of nitrogens with zero attached hydrogens (tertiary/aromatic N) is 3. The molecule has 0 saturated heterocycles. The number of hydrogen-bond donors (Lipinski definition) is 2. The summed E-state index contributed by atoms with van der Waals surface area (Å²) in [6.07, 6.45) is 1.88. The molecule has 0 saturated carbocycles. The average molecular weight is 369 g/mol. The van der Waals surface area contributed by atoms with E-state index in [2.05, 4.69) is 20.6 Å². The highest BCUT2D eigenvalue weighted by atomic mass is 16.7. The van der Waals surface area contributed by atoms with Crippen LogP contribution in [0.3, 0.4) is 0 Å². The van der Waals surface area contributed by atoms with E-state index in [9.17, 15) is 4.79 Å². The Balaban J connectivity index is 1.32. The van der Waals surface area contributed by atoms with Gasteiger partial charge in [0.05, 0.1) is 11.4 Å². The first kappa shape index (κ1) is 17.0. The van der Waals surface area contributed by atoms with E-state index in [1.54, 1.807) is 28.9 Å². The van der Waals surface area contributed by atoms with E-state index in [4.69, 9.17) is 14.2 Å². The number of aromatic amines is 1. The van der Waals surface area contributed by atoms with Crippen molar-refractivity contribution in [3.8, 4) is 17.2 Å². The van der Waals surface area contributed by atoms with E-state index >= 15 is 0 Å². The van der Waals surface area contributed by atoms with Crippen molar-refractivity contribution in [1.29, 1.82) is 0 Å². The molecule has 1 amide bonds. The van der Waals surface area contributed by atoms with Crippen LogP contribution in [0.25, 0.3) is 0 Å². The van der Waals surface area contributed by atoms with Gasteiger partial charge in [0.1, 0.15) is 18.1 Å². The first-order valence-corrected chi connectivity index (χ1v) is 8.42. The Bertz CT molecular complexity index is 978. The van der Waals surface area contributed by atoms with E-state index in [0.717, 1.165) is 11.3 Å². The van der Waals surface area contributed by atoms with Crippen LogP contribution in [0.2, 0.25) is 0 Å². The first-order valence-electron chi connectivity index (χ1n) is 8.42. The third-order valence-corrected chi connectivity index (χ3v) is 4.16. The molecule has 0 unspecified atom stereocenters. The van der Waals surface area contributed by atoms with Gasteiger partial charge in [-0.1, -0.05) is 0 Å². The standard InChI is InChI=1S/C18H19N5O4/c1-11-12(8-23(2)22-11)7-19-18(24)15-5-13(20-21-15)9-25-14-3-4-16-17(6-14)27-10-26-16/h3-6,8H,7,9-10H2,1-2H3,(H,19,24)(H,20,21). The number of aromatic nitrogens is 4. The zero-order valence-corrected chi connectivity index (χ0v) is 15.0. The van der Waals surface area contributed by atoms with Crippen LogP contribution in [0, 0.1) is 6.92 Å². The maximum absolute atomic E-state index is 12.3. The number of amides is 1. The fourth-order valence-electron chi connectivity index (χ4n) is 2.77. The third-order valence-electron chi connectivity index (χ3n) is 4.16. The number of ether oxygens (including phenoxy) is 3. The Kier molecular flexibility index (Phi) is 4.41. The van der Waals surface area contributed by atoms with Crippen molar-refractivity contribution in [1.82, 2.24) is 25.3 Å². The van der Waals surface area contributed by atoms with E-state index in [0.29, 0.717) is 35.2 Å². The largest absolute Gasteiger partial charge is 0.487 e. The van der Waals surface area contributed by atoms with E-state index in [1.165, 1.54) is 0 Å². The number of benzene rings is 1. The maximum Gasteiger partial charge on any atom is 0.272 e. The normalized spacial score (nSPS) is 12.2. The highest BCUT2D eigenvalue weighted by molar-refractivity contribution is 5.92. The number of H-pyrrole nitrogens is 1. The maximum atomic E-state index is 12.3. The van der Waals surface area contributed by atoms with E-state index in [-0.39, 0.29) is 19.3 Å². The summed E-state index contributed by atoms with van der Waals surface area (Å²) in [4.78, 5) is 12.3. The van der Waals surface area contributed by atoms with Crippen molar-refractivity contribution in [3.05, 3.63) is 53.1 Å². The number of rotatable bonds is 6. The van der Waals surface area contributed by atoms with Crippen LogP contribution in [0.5, 0.6) is 17.2 Å². The lowest BCUT2D eigenvalue weighted by molar-refractivity contribution is 0.0946. The molecule has 0 aliphatic carbocycles. The minimum Gasteiger partial charge on any atom is -0.487 e. The van der Waals surface area contributed by atoms with Crippen LogP contribution in [-0.2, 0) is 20.2 Å². The van der Waals surface area contributed by atoms with Crippen molar-refractivity contribution in [3.63, 3.8) is 0 Å². The SMILES string of the molecule is Cc1nn(C)cc1CNC(=O)c1cc(COc2ccc3c(c2)OCO3)[nH]n1. The molecule has 0 spiro atoms. The van der Waals surface area contributed by atoms with Gasteiger partial charge in [-0.05, 0) is 25.1 Å². The van der Waals surface area contributed by atoms with Crippen LogP contribution in [-0.4, -0.2) is 32.7 Å². The van der Waals surface area contributed by atoms with Crippen molar-refractivity contribution >= 4 is 5.91 Å². The van der Waals surface area contributed by atoms with E-state index < -0.39 is 0 Å². The third kappa shape index (κ3) is 3.71. The second kappa shape index (κ2) is 7.02. The van der Waals surface area contributed by atoms with Gasteiger partial charge in [-0.2, -0.15) is 10.2 Å². The predicted octanol–water partition coefficient (Wildman–Crippen LogP) is 1.69. The quantitative estimate of drug-likeness (QED) is 0.685. The fraction of sp³-hybridized carbons (Fsp3) is 0.278. The van der Waals surface area contributed by atoms with Gasteiger partial charge in [-0.3, -0.25) is 14.6 Å². The van der Waals surface area contributed by atoms with Crippen LogP contribution >= 0.6 is 0 Å². The number of hydrogen-bond acceptors (Lipinski definition) is 6. The smallest absolute Gasteiger partial charge is 0.272 e. The minimum atomic E-state index is -0.260. The lowest BCUT2D eigenvalue weighted by Crippen LogP contribution is -2.23. The molecule has 1 aliphatic heterocycles. The summed E-state index contributed by atoms with van der Waals surface area (Å²) in [5.74, 6) is 1.74. The van der Waals surface area contributed by atoms with Gasteiger partial charge in [0.25, 0.3) is 5.91 Å². The van der Waals surface area contributed by atoms with Crippen LogP contribution in [0.4, 0.5) is 0 Å². The Morgan fingerprint density at radius 1 is 1.33 bits per heavy atom. The molecule has 9 heteroatoms. The summed E-state index contributed by atoms with van der Waals surface area (Å²) in [7, 11) is 1.85. The number of carbonyl (C=O) groups excluding carboxylic acids is 1. The predicted molar refractivity (Wildman–Crippen MR) is 94.6 cm³/mol. The van der Waals surface area contributed by atoms with Gasteiger partial charge in [0.15, 0.2) is 11.5 Å². The van der Waals surface area contributed by atoms with Gasteiger partial charge in [-0.25, -0.2) is 0 Å². The highest BCUT2D eigenvalue weighted by Crippen LogP contribution is 2.35. The summed E-state index contributed by atoms with van der Waals surface area (Å²) in [6, 6.07) is 7.03. The molecule has 4 rings (SSSR count). The van der Waals surface area contributed by atoms with Crippen molar-refractivity contribution < 1.29 is 19.0 Å². The molecule has 2 N–H and O–H groups in total.